The quantitative estimate of drug-likeness (QED) is 0.296. The zero-order valence-corrected chi connectivity index (χ0v) is 20.9. The van der Waals surface area contributed by atoms with Gasteiger partial charge in [0.15, 0.2) is 0 Å². The lowest BCUT2D eigenvalue weighted by Crippen LogP contribution is -2.22. The molecule has 198 valence electrons. The molecule has 0 amide bonds. The molecule has 4 heterocycles. The van der Waals surface area contributed by atoms with E-state index in [0.717, 1.165) is 30.5 Å². The summed E-state index contributed by atoms with van der Waals surface area (Å²) in [6.07, 6.45) is 2.44. The minimum atomic E-state index is -4.67. The second-order valence-corrected chi connectivity index (χ2v) is 10.3. The first-order valence-corrected chi connectivity index (χ1v) is 12.6. The van der Waals surface area contributed by atoms with Crippen LogP contribution in [0.25, 0.3) is 22.0 Å². The van der Waals surface area contributed by atoms with E-state index in [0.29, 0.717) is 53.7 Å². The number of aromatic nitrogens is 4. The van der Waals surface area contributed by atoms with Gasteiger partial charge in [-0.15, -0.1) is 0 Å². The maximum atomic E-state index is 15.2. The number of aryl methyl sites for hydroxylation is 1. The Morgan fingerprint density at radius 2 is 1.87 bits per heavy atom. The van der Waals surface area contributed by atoms with Crippen LogP contribution in [0, 0.1) is 12.7 Å². The number of ether oxygens (including phenoxy) is 1. The topological polar surface area (TPSA) is 61.9 Å². The predicted octanol–water partition coefficient (Wildman–Crippen LogP) is 6.23. The van der Waals surface area contributed by atoms with Crippen LogP contribution in [0.5, 0.6) is 0 Å². The number of rotatable bonds is 4. The zero-order chi connectivity index (χ0) is 26.8. The summed E-state index contributed by atoms with van der Waals surface area (Å²) in [7, 11) is 1.65. The first-order valence-electron chi connectivity index (χ1n) is 12.6. The van der Waals surface area contributed by atoms with Crippen LogP contribution >= 0.6 is 0 Å². The maximum absolute atomic E-state index is 15.2. The lowest BCUT2D eigenvalue weighted by molar-refractivity contribution is -0.137. The van der Waals surface area contributed by atoms with Crippen LogP contribution in [-0.4, -0.2) is 25.9 Å². The van der Waals surface area contributed by atoms with Crippen molar-refractivity contribution in [3.63, 3.8) is 0 Å². The molecule has 2 atom stereocenters. The van der Waals surface area contributed by atoms with E-state index in [9.17, 15) is 18.0 Å². The van der Waals surface area contributed by atoms with Crippen LogP contribution < -0.4 is 5.56 Å². The Kier molecular flexibility index (Phi) is 5.90. The highest BCUT2D eigenvalue weighted by atomic mass is 19.4. The SMILES string of the molecule is Cc1cc2c(-c3ccc(C(F)(F)F)cc3F)nc([C@@H]3CCO[C@H](c4cnn(C5CC5)c4)C3)cc2c(=O)n1C. The van der Waals surface area contributed by atoms with Gasteiger partial charge in [-0.3, -0.25) is 14.5 Å². The molecule has 1 aromatic carbocycles. The van der Waals surface area contributed by atoms with E-state index < -0.39 is 17.6 Å². The van der Waals surface area contributed by atoms with Gasteiger partial charge in [0.2, 0.25) is 0 Å². The molecule has 2 aliphatic rings. The monoisotopic (exact) mass is 526 g/mol. The molecule has 0 radical (unpaired) electrons. The summed E-state index contributed by atoms with van der Waals surface area (Å²) in [4.78, 5) is 18.0. The van der Waals surface area contributed by atoms with Crippen molar-refractivity contribution < 1.29 is 22.3 Å². The zero-order valence-electron chi connectivity index (χ0n) is 20.9. The van der Waals surface area contributed by atoms with Crippen molar-refractivity contribution in [3.05, 3.63) is 81.4 Å². The Hall–Kier alpha value is -3.53. The standard InChI is InChI=1S/C28H26F4N4O2/c1-15-9-21-22(27(37)35(15)2)12-24(34-26(21)20-6-3-18(11-23(20)29)28(30,31)32)16-7-8-38-25(10-16)17-13-33-36(14-17)19-4-5-19/h3,6,9,11-14,16,19,25H,4-5,7-8,10H2,1-2H3/t16-,25+/m1/s1. The highest BCUT2D eigenvalue weighted by Gasteiger charge is 2.33. The van der Waals surface area contributed by atoms with Gasteiger partial charge in [0.1, 0.15) is 5.82 Å². The fraction of sp³-hybridized carbons (Fsp3) is 0.393. The third kappa shape index (κ3) is 4.40. The van der Waals surface area contributed by atoms with E-state index in [1.165, 1.54) is 4.57 Å². The third-order valence-corrected chi connectivity index (χ3v) is 7.66. The molecule has 0 spiro atoms. The number of hydrogen-bond donors (Lipinski definition) is 0. The summed E-state index contributed by atoms with van der Waals surface area (Å²) in [5.74, 6) is -1.13. The molecule has 1 saturated carbocycles. The van der Waals surface area contributed by atoms with Crippen LogP contribution in [0.2, 0.25) is 0 Å². The van der Waals surface area contributed by atoms with Gasteiger partial charge in [-0.25, -0.2) is 4.39 Å². The van der Waals surface area contributed by atoms with E-state index in [1.54, 1.807) is 26.1 Å². The molecule has 4 aromatic rings. The largest absolute Gasteiger partial charge is 0.416 e. The van der Waals surface area contributed by atoms with Gasteiger partial charge in [-0.05, 0) is 62.9 Å². The van der Waals surface area contributed by atoms with Crippen molar-refractivity contribution in [1.82, 2.24) is 19.3 Å². The van der Waals surface area contributed by atoms with Crippen molar-refractivity contribution in [2.24, 2.45) is 7.05 Å². The minimum Gasteiger partial charge on any atom is -0.373 e. The average Bonchev–Trinajstić information content (AvgIpc) is 3.63. The maximum Gasteiger partial charge on any atom is 0.416 e. The Balaban J connectivity index is 1.45. The van der Waals surface area contributed by atoms with Crippen molar-refractivity contribution in [3.8, 4) is 11.3 Å². The van der Waals surface area contributed by atoms with Gasteiger partial charge in [-0.2, -0.15) is 18.3 Å². The molecule has 0 bridgehead atoms. The van der Waals surface area contributed by atoms with Gasteiger partial charge in [0.25, 0.3) is 5.56 Å². The summed E-state index contributed by atoms with van der Waals surface area (Å²) in [6.45, 7) is 2.21. The Morgan fingerprint density at radius 1 is 1.08 bits per heavy atom. The molecule has 3 aromatic heterocycles. The summed E-state index contributed by atoms with van der Waals surface area (Å²) in [5, 5.41) is 5.22. The van der Waals surface area contributed by atoms with Crippen LogP contribution in [-0.2, 0) is 18.0 Å². The summed E-state index contributed by atoms with van der Waals surface area (Å²) >= 11 is 0. The number of fused-ring (bicyclic) bond motifs is 1. The van der Waals surface area contributed by atoms with Crippen LogP contribution in [0.1, 0.15) is 66.3 Å². The van der Waals surface area contributed by atoms with Crippen LogP contribution in [0.4, 0.5) is 17.6 Å². The van der Waals surface area contributed by atoms with Crippen LogP contribution in [0.3, 0.4) is 0 Å². The first-order chi connectivity index (χ1) is 18.1. The molecular formula is C28H26F4N4O2. The second kappa shape index (κ2) is 9.04. The lowest BCUT2D eigenvalue weighted by Gasteiger charge is -2.29. The fourth-order valence-electron chi connectivity index (χ4n) is 5.20. The highest BCUT2D eigenvalue weighted by Crippen LogP contribution is 2.41. The number of hydrogen-bond acceptors (Lipinski definition) is 4. The number of benzene rings is 1. The smallest absolute Gasteiger partial charge is 0.373 e. The van der Waals surface area contributed by atoms with E-state index in [1.807, 2.05) is 17.1 Å². The Labute approximate surface area is 215 Å². The molecule has 1 saturated heterocycles. The molecule has 38 heavy (non-hydrogen) atoms. The van der Waals surface area contributed by atoms with Gasteiger partial charge >= 0.3 is 6.18 Å². The number of alkyl halides is 3. The third-order valence-electron chi connectivity index (χ3n) is 7.66. The summed E-state index contributed by atoms with van der Waals surface area (Å²) in [5.41, 5.74) is 0.931. The molecule has 0 unspecified atom stereocenters. The highest BCUT2D eigenvalue weighted by molar-refractivity contribution is 5.95. The second-order valence-electron chi connectivity index (χ2n) is 10.3. The normalized spacial score (nSPS) is 20.3. The van der Waals surface area contributed by atoms with E-state index in [-0.39, 0.29) is 28.8 Å². The number of pyridine rings is 2. The molecular weight excluding hydrogens is 500 g/mol. The van der Waals surface area contributed by atoms with Crippen LogP contribution in [0.15, 0.2) is 47.5 Å². The summed E-state index contributed by atoms with van der Waals surface area (Å²) in [6, 6.07) is 6.32. The average molecular weight is 527 g/mol. The molecule has 1 aliphatic heterocycles. The number of halogens is 4. The van der Waals surface area contributed by atoms with E-state index in [2.05, 4.69) is 5.10 Å². The van der Waals surface area contributed by atoms with Gasteiger partial charge in [0.05, 0.1) is 35.0 Å². The predicted molar refractivity (Wildman–Crippen MR) is 133 cm³/mol. The van der Waals surface area contributed by atoms with Gasteiger partial charge < -0.3 is 9.30 Å². The molecule has 6 rings (SSSR count). The molecule has 1 aliphatic carbocycles. The summed E-state index contributed by atoms with van der Waals surface area (Å²) < 4.78 is 64.2. The Bertz CT molecular complexity index is 1600. The minimum absolute atomic E-state index is 0.0770. The van der Waals surface area contributed by atoms with E-state index >= 15 is 4.39 Å². The van der Waals surface area contributed by atoms with E-state index in [4.69, 9.17) is 9.72 Å². The number of nitrogens with zero attached hydrogens (tertiary/aromatic N) is 4. The van der Waals surface area contributed by atoms with Gasteiger partial charge in [0, 0.05) is 53.7 Å². The lowest BCUT2D eigenvalue weighted by atomic mass is 9.88. The molecule has 6 nitrogen and oxygen atoms in total. The van der Waals surface area contributed by atoms with Crippen molar-refractivity contribution in [2.75, 3.05) is 6.61 Å². The van der Waals surface area contributed by atoms with Crippen molar-refractivity contribution >= 4 is 10.8 Å². The fourth-order valence-corrected chi connectivity index (χ4v) is 5.20. The van der Waals surface area contributed by atoms with Crippen molar-refractivity contribution in [1.29, 1.82) is 0 Å². The molecule has 10 heteroatoms. The first kappa shape index (κ1) is 24.8. The molecule has 0 N–H and O–H groups in total. The van der Waals surface area contributed by atoms with Gasteiger partial charge in [-0.1, -0.05) is 0 Å². The molecule has 2 fully saturated rings. The van der Waals surface area contributed by atoms with Crippen molar-refractivity contribution in [2.45, 2.75) is 56.8 Å². The Morgan fingerprint density at radius 3 is 2.58 bits per heavy atom.